The molecular weight excluding hydrogens is 266 g/mol. The molecule has 0 saturated heterocycles. The SMILES string of the molecule is C=C(Br)CN1CCCC(=O)c2ccccc21. The van der Waals surface area contributed by atoms with Crippen LogP contribution in [0.25, 0.3) is 0 Å². The third-order valence-corrected chi connectivity index (χ3v) is 2.99. The van der Waals surface area contributed by atoms with Crippen molar-refractivity contribution in [1.82, 2.24) is 0 Å². The van der Waals surface area contributed by atoms with Gasteiger partial charge < -0.3 is 4.90 Å². The first-order valence-electron chi connectivity index (χ1n) is 5.39. The van der Waals surface area contributed by atoms with Gasteiger partial charge in [0.2, 0.25) is 0 Å². The fourth-order valence-corrected chi connectivity index (χ4v) is 2.34. The van der Waals surface area contributed by atoms with Gasteiger partial charge in [0.25, 0.3) is 0 Å². The molecule has 0 bridgehead atoms. The zero-order valence-electron chi connectivity index (χ0n) is 9.08. The van der Waals surface area contributed by atoms with E-state index in [4.69, 9.17) is 0 Å². The molecule has 0 aromatic heterocycles. The number of anilines is 1. The number of carbonyl (C=O) groups is 1. The van der Waals surface area contributed by atoms with Crippen LogP contribution in [0, 0.1) is 0 Å². The number of ketones is 1. The molecule has 1 aliphatic rings. The van der Waals surface area contributed by atoms with E-state index in [0.717, 1.165) is 35.2 Å². The predicted molar refractivity (Wildman–Crippen MR) is 70.3 cm³/mol. The highest BCUT2D eigenvalue weighted by Crippen LogP contribution is 2.27. The molecule has 16 heavy (non-hydrogen) atoms. The lowest BCUT2D eigenvalue weighted by Crippen LogP contribution is -2.25. The van der Waals surface area contributed by atoms with Gasteiger partial charge in [-0.05, 0) is 18.6 Å². The number of para-hydroxylation sites is 1. The number of benzene rings is 1. The third kappa shape index (κ3) is 2.35. The fourth-order valence-electron chi connectivity index (χ4n) is 2.04. The van der Waals surface area contributed by atoms with Crippen molar-refractivity contribution in [1.29, 1.82) is 0 Å². The molecular formula is C13H14BrNO. The molecule has 0 unspecified atom stereocenters. The van der Waals surface area contributed by atoms with Gasteiger partial charge in [0.15, 0.2) is 5.78 Å². The number of Topliss-reactive ketones (excluding diaryl/α,β-unsaturated/α-hetero) is 1. The Morgan fingerprint density at radius 3 is 2.94 bits per heavy atom. The maximum atomic E-state index is 11.9. The molecule has 0 spiro atoms. The van der Waals surface area contributed by atoms with Crippen LogP contribution in [-0.2, 0) is 0 Å². The summed E-state index contributed by atoms with van der Waals surface area (Å²) in [6, 6.07) is 7.81. The van der Waals surface area contributed by atoms with Crippen LogP contribution in [0.5, 0.6) is 0 Å². The Bertz CT molecular complexity index is 428. The van der Waals surface area contributed by atoms with E-state index in [1.807, 2.05) is 24.3 Å². The molecule has 0 radical (unpaired) electrons. The summed E-state index contributed by atoms with van der Waals surface area (Å²) >= 11 is 3.38. The van der Waals surface area contributed by atoms with E-state index in [0.29, 0.717) is 6.42 Å². The van der Waals surface area contributed by atoms with E-state index in [1.54, 1.807) is 0 Å². The molecule has 2 rings (SSSR count). The lowest BCUT2D eigenvalue weighted by Gasteiger charge is -2.23. The van der Waals surface area contributed by atoms with Gasteiger partial charge in [0, 0.05) is 35.2 Å². The summed E-state index contributed by atoms with van der Waals surface area (Å²) in [6.07, 6.45) is 1.55. The molecule has 1 aromatic rings. The van der Waals surface area contributed by atoms with E-state index in [9.17, 15) is 4.79 Å². The van der Waals surface area contributed by atoms with E-state index in [1.165, 1.54) is 0 Å². The molecule has 2 nitrogen and oxygen atoms in total. The lowest BCUT2D eigenvalue weighted by atomic mass is 10.1. The van der Waals surface area contributed by atoms with E-state index < -0.39 is 0 Å². The number of rotatable bonds is 2. The van der Waals surface area contributed by atoms with E-state index >= 15 is 0 Å². The van der Waals surface area contributed by atoms with Gasteiger partial charge in [-0.15, -0.1) is 0 Å². The Kier molecular flexibility index (Phi) is 3.44. The Morgan fingerprint density at radius 2 is 2.19 bits per heavy atom. The molecule has 0 atom stereocenters. The van der Waals surface area contributed by atoms with Crippen molar-refractivity contribution >= 4 is 27.4 Å². The average molecular weight is 280 g/mol. The third-order valence-electron chi connectivity index (χ3n) is 2.74. The lowest BCUT2D eigenvalue weighted by molar-refractivity contribution is 0.0984. The van der Waals surface area contributed by atoms with Crippen LogP contribution >= 0.6 is 15.9 Å². The zero-order valence-corrected chi connectivity index (χ0v) is 10.7. The number of halogens is 1. The molecule has 0 saturated carbocycles. The summed E-state index contributed by atoms with van der Waals surface area (Å²) in [4.78, 5) is 14.1. The van der Waals surface area contributed by atoms with Crippen LogP contribution in [0.4, 0.5) is 5.69 Å². The minimum absolute atomic E-state index is 0.248. The summed E-state index contributed by atoms with van der Waals surface area (Å²) in [5.41, 5.74) is 1.87. The molecule has 84 valence electrons. The van der Waals surface area contributed by atoms with Gasteiger partial charge in [0.1, 0.15) is 0 Å². The highest BCUT2D eigenvalue weighted by molar-refractivity contribution is 9.11. The first-order valence-corrected chi connectivity index (χ1v) is 6.18. The summed E-state index contributed by atoms with van der Waals surface area (Å²) < 4.78 is 0.941. The highest BCUT2D eigenvalue weighted by Gasteiger charge is 2.19. The van der Waals surface area contributed by atoms with Gasteiger partial charge in [-0.3, -0.25) is 4.79 Å². The van der Waals surface area contributed by atoms with Crippen LogP contribution in [0.2, 0.25) is 0 Å². The molecule has 0 N–H and O–H groups in total. The fraction of sp³-hybridized carbons (Fsp3) is 0.308. The van der Waals surface area contributed by atoms with Gasteiger partial charge in [-0.1, -0.05) is 34.6 Å². The summed E-state index contributed by atoms with van der Waals surface area (Å²) in [6.45, 7) is 5.53. The van der Waals surface area contributed by atoms with Crippen molar-refractivity contribution in [2.75, 3.05) is 18.0 Å². The summed E-state index contributed by atoms with van der Waals surface area (Å²) in [7, 11) is 0. The Hall–Kier alpha value is -1.09. The monoisotopic (exact) mass is 279 g/mol. The maximum absolute atomic E-state index is 11.9. The predicted octanol–water partition coefficient (Wildman–Crippen LogP) is 3.38. The van der Waals surface area contributed by atoms with Crippen molar-refractivity contribution in [2.45, 2.75) is 12.8 Å². The van der Waals surface area contributed by atoms with Gasteiger partial charge in [-0.2, -0.15) is 0 Å². The topological polar surface area (TPSA) is 20.3 Å². The van der Waals surface area contributed by atoms with E-state index in [-0.39, 0.29) is 5.78 Å². The Morgan fingerprint density at radius 1 is 1.44 bits per heavy atom. The first kappa shape index (κ1) is 11.4. The standard InChI is InChI=1S/C13H14BrNO/c1-10(14)9-15-8-4-7-13(16)11-5-2-3-6-12(11)15/h2-3,5-6H,1,4,7-9H2. The summed E-state index contributed by atoms with van der Waals surface area (Å²) in [5.74, 6) is 0.248. The van der Waals surface area contributed by atoms with Gasteiger partial charge in [-0.25, -0.2) is 0 Å². The highest BCUT2D eigenvalue weighted by atomic mass is 79.9. The molecule has 1 aromatic carbocycles. The molecule has 0 aliphatic carbocycles. The normalized spacial score (nSPS) is 15.6. The van der Waals surface area contributed by atoms with Crippen molar-refractivity contribution in [3.63, 3.8) is 0 Å². The minimum Gasteiger partial charge on any atom is -0.366 e. The van der Waals surface area contributed by atoms with Crippen LogP contribution in [-0.4, -0.2) is 18.9 Å². The molecule has 0 fully saturated rings. The number of carbonyl (C=O) groups excluding carboxylic acids is 1. The Labute approximate surface area is 104 Å². The second-order valence-electron chi connectivity index (χ2n) is 3.98. The van der Waals surface area contributed by atoms with Crippen LogP contribution in [0.1, 0.15) is 23.2 Å². The first-order chi connectivity index (χ1) is 7.68. The van der Waals surface area contributed by atoms with Crippen LogP contribution in [0.3, 0.4) is 0 Å². The molecule has 1 aliphatic heterocycles. The Balaban J connectivity index is 2.38. The van der Waals surface area contributed by atoms with Gasteiger partial charge >= 0.3 is 0 Å². The number of hydrogen-bond donors (Lipinski definition) is 0. The quantitative estimate of drug-likeness (QED) is 0.827. The number of fused-ring (bicyclic) bond motifs is 1. The van der Waals surface area contributed by atoms with Crippen molar-refractivity contribution < 1.29 is 4.79 Å². The zero-order chi connectivity index (χ0) is 11.5. The largest absolute Gasteiger partial charge is 0.366 e. The van der Waals surface area contributed by atoms with Crippen LogP contribution in [0.15, 0.2) is 35.3 Å². The van der Waals surface area contributed by atoms with E-state index in [2.05, 4.69) is 27.4 Å². The van der Waals surface area contributed by atoms with Crippen LogP contribution < -0.4 is 4.90 Å². The number of nitrogens with zero attached hydrogens (tertiary/aromatic N) is 1. The second kappa shape index (κ2) is 4.83. The summed E-state index contributed by atoms with van der Waals surface area (Å²) in [5, 5.41) is 0. The minimum atomic E-state index is 0.248. The molecule has 1 heterocycles. The maximum Gasteiger partial charge on any atom is 0.165 e. The molecule has 0 amide bonds. The van der Waals surface area contributed by atoms with Gasteiger partial charge in [0.05, 0.1) is 0 Å². The average Bonchev–Trinajstić information content (AvgIpc) is 2.40. The second-order valence-corrected chi connectivity index (χ2v) is 5.10. The van der Waals surface area contributed by atoms with Crippen molar-refractivity contribution in [3.8, 4) is 0 Å². The number of hydrogen-bond acceptors (Lipinski definition) is 2. The van der Waals surface area contributed by atoms with Crippen molar-refractivity contribution in [2.24, 2.45) is 0 Å². The smallest absolute Gasteiger partial charge is 0.165 e. The molecule has 3 heteroatoms. The van der Waals surface area contributed by atoms with Crippen molar-refractivity contribution in [3.05, 3.63) is 40.9 Å².